The fourth-order valence-corrected chi connectivity index (χ4v) is 3.35. The lowest BCUT2D eigenvalue weighted by Crippen LogP contribution is -2.42. The zero-order valence-electron chi connectivity index (χ0n) is 13.4. The van der Waals surface area contributed by atoms with Crippen molar-refractivity contribution in [1.29, 1.82) is 0 Å². The third kappa shape index (κ3) is 3.35. The minimum atomic E-state index is -0.0275. The predicted octanol–water partition coefficient (Wildman–Crippen LogP) is 4.03. The smallest absolute Gasteiger partial charge is 0.290 e. The molecule has 1 saturated heterocycles. The van der Waals surface area contributed by atoms with Gasteiger partial charge in [0.2, 0.25) is 0 Å². The molecule has 0 bridgehead atoms. The average molecular weight is 357 g/mol. The molecule has 1 aliphatic rings. The molecule has 1 aromatic carbocycles. The number of fused-ring (bicyclic) bond motifs is 1. The average Bonchev–Trinajstić information content (AvgIpc) is 3.14. The van der Waals surface area contributed by atoms with Crippen molar-refractivity contribution in [2.24, 2.45) is 0 Å². The molecule has 1 aliphatic heterocycles. The zero-order chi connectivity index (χ0) is 15.7. The van der Waals surface area contributed by atoms with Gasteiger partial charge in [0, 0.05) is 30.1 Å². The summed E-state index contributed by atoms with van der Waals surface area (Å²) in [6, 6.07) is 5.85. The van der Waals surface area contributed by atoms with Gasteiger partial charge >= 0.3 is 0 Å². The molecular formula is C17H22Cl2N2O2. The first kappa shape index (κ1) is 18.1. The molecule has 0 radical (unpaired) electrons. The molecule has 2 heterocycles. The molecule has 1 aromatic heterocycles. The Morgan fingerprint density at radius 2 is 2.26 bits per heavy atom. The summed E-state index contributed by atoms with van der Waals surface area (Å²) >= 11 is 6.19. The Balaban J connectivity index is 0.00000192. The highest BCUT2D eigenvalue weighted by atomic mass is 35.5. The number of nitrogens with one attached hydrogen (secondary N) is 1. The van der Waals surface area contributed by atoms with Crippen molar-refractivity contribution in [2.45, 2.75) is 32.7 Å². The Kier molecular flexibility index (Phi) is 5.95. The monoisotopic (exact) mass is 356 g/mol. The van der Waals surface area contributed by atoms with Crippen LogP contribution in [-0.2, 0) is 0 Å². The number of furan rings is 1. The zero-order valence-corrected chi connectivity index (χ0v) is 15.0. The van der Waals surface area contributed by atoms with Crippen molar-refractivity contribution >= 4 is 40.9 Å². The van der Waals surface area contributed by atoms with Crippen LogP contribution >= 0.6 is 24.0 Å². The highest BCUT2D eigenvalue weighted by molar-refractivity contribution is 6.35. The summed E-state index contributed by atoms with van der Waals surface area (Å²) in [6.07, 6.45) is 1.92. The van der Waals surface area contributed by atoms with Gasteiger partial charge in [-0.05, 0) is 32.4 Å². The maximum Gasteiger partial charge on any atom is 0.290 e. The molecular weight excluding hydrogens is 335 g/mol. The summed E-state index contributed by atoms with van der Waals surface area (Å²) in [5, 5.41) is 4.78. The molecule has 2 aromatic rings. The second kappa shape index (κ2) is 7.56. The van der Waals surface area contributed by atoms with E-state index in [-0.39, 0.29) is 24.4 Å². The highest BCUT2D eigenvalue weighted by Crippen LogP contribution is 2.31. The Morgan fingerprint density at radius 3 is 2.87 bits per heavy atom. The predicted molar refractivity (Wildman–Crippen MR) is 95.8 cm³/mol. The number of amides is 1. The quantitative estimate of drug-likeness (QED) is 0.899. The molecule has 1 atom stereocenters. The second-order valence-corrected chi connectivity index (χ2v) is 6.23. The van der Waals surface area contributed by atoms with Crippen LogP contribution in [0.5, 0.6) is 0 Å². The molecule has 1 amide bonds. The summed E-state index contributed by atoms with van der Waals surface area (Å²) < 4.78 is 5.83. The molecule has 1 unspecified atom stereocenters. The van der Waals surface area contributed by atoms with Crippen LogP contribution in [0.4, 0.5) is 0 Å². The number of rotatable bonds is 4. The first-order chi connectivity index (χ1) is 10.6. The number of nitrogens with zero attached hydrogens (tertiary/aromatic N) is 1. The fraction of sp³-hybridized carbons (Fsp3) is 0.471. The molecule has 23 heavy (non-hydrogen) atoms. The van der Waals surface area contributed by atoms with E-state index in [2.05, 4.69) is 12.2 Å². The third-order valence-electron chi connectivity index (χ3n) is 4.31. The molecule has 0 aliphatic carbocycles. The van der Waals surface area contributed by atoms with E-state index in [1.165, 1.54) is 0 Å². The van der Waals surface area contributed by atoms with E-state index in [1.54, 1.807) is 6.07 Å². The first-order valence-corrected chi connectivity index (χ1v) is 8.20. The molecule has 3 rings (SSSR count). The van der Waals surface area contributed by atoms with Crippen LogP contribution in [0.3, 0.4) is 0 Å². The van der Waals surface area contributed by atoms with Crippen molar-refractivity contribution < 1.29 is 9.21 Å². The van der Waals surface area contributed by atoms with Crippen molar-refractivity contribution in [1.82, 2.24) is 10.2 Å². The largest absolute Gasteiger partial charge is 0.449 e. The van der Waals surface area contributed by atoms with Gasteiger partial charge in [-0.3, -0.25) is 4.79 Å². The van der Waals surface area contributed by atoms with E-state index in [0.717, 1.165) is 43.4 Å². The number of para-hydroxylation sites is 1. The standard InChI is InChI=1S/C17H21ClN2O2.ClH/c1-3-9-20(12-7-8-19-10-12)17(21)15-11(2)13-5-4-6-14(18)16(13)22-15;/h4-6,12,19H,3,7-10H2,1-2H3;1H. The maximum atomic E-state index is 13.0. The number of aryl methyl sites for hydroxylation is 1. The molecule has 6 heteroatoms. The minimum absolute atomic E-state index is 0. The number of carbonyl (C=O) groups excluding carboxylic acids is 1. The van der Waals surface area contributed by atoms with E-state index >= 15 is 0 Å². The SMILES string of the molecule is CCCN(C(=O)c1oc2c(Cl)cccc2c1C)C1CCNC1.Cl. The van der Waals surface area contributed by atoms with Gasteiger partial charge in [0.1, 0.15) is 0 Å². The van der Waals surface area contributed by atoms with Crippen LogP contribution in [0.1, 0.15) is 35.9 Å². The number of hydrogen-bond donors (Lipinski definition) is 1. The van der Waals surface area contributed by atoms with Crippen LogP contribution < -0.4 is 5.32 Å². The second-order valence-electron chi connectivity index (χ2n) is 5.82. The number of hydrogen-bond acceptors (Lipinski definition) is 3. The first-order valence-electron chi connectivity index (χ1n) is 7.82. The lowest BCUT2D eigenvalue weighted by Gasteiger charge is -2.27. The Hall–Kier alpha value is -1.23. The van der Waals surface area contributed by atoms with Crippen LogP contribution in [0.2, 0.25) is 5.02 Å². The number of carbonyl (C=O) groups is 1. The van der Waals surface area contributed by atoms with Crippen LogP contribution in [0.15, 0.2) is 22.6 Å². The van der Waals surface area contributed by atoms with E-state index < -0.39 is 0 Å². The number of benzene rings is 1. The van der Waals surface area contributed by atoms with Gasteiger partial charge in [-0.25, -0.2) is 0 Å². The van der Waals surface area contributed by atoms with Crippen molar-refractivity contribution in [3.8, 4) is 0 Å². The summed E-state index contributed by atoms with van der Waals surface area (Å²) in [5.74, 6) is 0.392. The van der Waals surface area contributed by atoms with Gasteiger partial charge in [-0.2, -0.15) is 0 Å². The van der Waals surface area contributed by atoms with Crippen molar-refractivity contribution in [3.63, 3.8) is 0 Å². The Morgan fingerprint density at radius 1 is 1.48 bits per heavy atom. The topological polar surface area (TPSA) is 45.5 Å². The van der Waals surface area contributed by atoms with Crippen molar-refractivity contribution in [3.05, 3.63) is 34.5 Å². The lowest BCUT2D eigenvalue weighted by atomic mass is 10.1. The molecule has 0 spiro atoms. The summed E-state index contributed by atoms with van der Waals surface area (Å²) in [4.78, 5) is 14.9. The maximum absolute atomic E-state index is 13.0. The summed E-state index contributed by atoms with van der Waals surface area (Å²) in [5.41, 5.74) is 1.47. The summed E-state index contributed by atoms with van der Waals surface area (Å²) in [7, 11) is 0. The molecule has 0 saturated carbocycles. The van der Waals surface area contributed by atoms with Crippen molar-refractivity contribution in [2.75, 3.05) is 19.6 Å². The number of halogens is 2. The molecule has 4 nitrogen and oxygen atoms in total. The van der Waals surface area contributed by atoms with E-state index in [1.807, 2.05) is 24.0 Å². The minimum Gasteiger partial charge on any atom is -0.449 e. The van der Waals surface area contributed by atoms with Crippen LogP contribution in [-0.4, -0.2) is 36.5 Å². The normalized spacial score (nSPS) is 17.3. The van der Waals surface area contributed by atoms with Gasteiger partial charge in [0.05, 0.1) is 5.02 Å². The third-order valence-corrected chi connectivity index (χ3v) is 4.61. The van der Waals surface area contributed by atoms with Gasteiger partial charge in [-0.15, -0.1) is 12.4 Å². The Labute approximate surface area is 147 Å². The van der Waals surface area contributed by atoms with E-state index in [9.17, 15) is 4.79 Å². The lowest BCUT2D eigenvalue weighted by molar-refractivity contribution is 0.0661. The van der Waals surface area contributed by atoms with E-state index in [0.29, 0.717) is 16.4 Å². The van der Waals surface area contributed by atoms with Gasteiger partial charge < -0.3 is 14.6 Å². The van der Waals surface area contributed by atoms with Gasteiger partial charge in [0.25, 0.3) is 5.91 Å². The highest BCUT2D eigenvalue weighted by Gasteiger charge is 2.30. The molecule has 1 fully saturated rings. The molecule has 126 valence electrons. The van der Waals surface area contributed by atoms with Gasteiger partial charge in [0.15, 0.2) is 11.3 Å². The van der Waals surface area contributed by atoms with Crippen LogP contribution in [0.25, 0.3) is 11.0 Å². The molecule has 1 N–H and O–H groups in total. The van der Waals surface area contributed by atoms with Gasteiger partial charge in [-0.1, -0.05) is 30.7 Å². The Bertz CT molecular complexity index is 693. The summed E-state index contributed by atoms with van der Waals surface area (Å²) in [6.45, 7) is 6.57. The van der Waals surface area contributed by atoms with E-state index in [4.69, 9.17) is 16.0 Å². The van der Waals surface area contributed by atoms with Crippen LogP contribution in [0, 0.1) is 6.92 Å². The fourth-order valence-electron chi connectivity index (χ4n) is 3.14.